The third-order valence-electron chi connectivity index (χ3n) is 8.47. The Morgan fingerprint density at radius 2 is 1.70 bits per heavy atom. The number of carbonyl (C=O) groups is 4. The number of nitrogens with zero attached hydrogens (tertiary/aromatic N) is 3. The summed E-state index contributed by atoms with van der Waals surface area (Å²) in [6.45, 7) is 1.73. The van der Waals surface area contributed by atoms with Crippen molar-refractivity contribution in [1.29, 1.82) is 0 Å². The molecular weight excluding hydrogens is 620 g/mol. The van der Waals surface area contributed by atoms with Crippen LogP contribution in [0.15, 0.2) is 53.5 Å². The molecule has 0 saturated carbocycles. The molecule has 2 aromatic carbocycles. The van der Waals surface area contributed by atoms with E-state index in [-0.39, 0.29) is 62.1 Å². The van der Waals surface area contributed by atoms with Crippen LogP contribution >= 0.6 is 11.8 Å². The van der Waals surface area contributed by atoms with Gasteiger partial charge in [0.1, 0.15) is 12.1 Å². The summed E-state index contributed by atoms with van der Waals surface area (Å²) in [5, 5.41) is 15.5. The van der Waals surface area contributed by atoms with E-state index in [4.69, 9.17) is 17.2 Å². The molecule has 0 unspecified atom stereocenters. The summed E-state index contributed by atoms with van der Waals surface area (Å²) in [6, 6.07) is 13.3. The highest BCUT2D eigenvalue weighted by Crippen LogP contribution is 2.24. The zero-order chi connectivity index (χ0) is 33.8. The number of nitrogens with two attached hydrogens (primary N) is 3. The molecule has 3 atom stereocenters. The van der Waals surface area contributed by atoms with Gasteiger partial charge in [0.05, 0.1) is 13.2 Å². The summed E-state index contributed by atoms with van der Waals surface area (Å²) in [6.07, 6.45) is 2.11. The predicted octanol–water partition coefficient (Wildman–Crippen LogP) is 0.318. The molecule has 9 N–H and O–H groups in total. The third kappa shape index (κ3) is 10.7. The normalized spacial score (nSPS) is 21.9. The van der Waals surface area contributed by atoms with Crippen molar-refractivity contribution in [2.75, 3.05) is 25.4 Å². The van der Waals surface area contributed by atoms with Gasteiger partial charge < -0.3 is 37.8 Å². The van der Waals surface area contributed by atoms with Crippen molar-refractivity contribution < 1.29 is 24.3 Å². The predicted molar refractivity (Wildman–Crippen MR) is 181 cm³/mol. The van der Waals surface area contributed by atoms with E-state index in [0.717, 1.165) is 28.7 Å². The standard InChI is InChI=1S/C33H46N8O5S/c34-31(45)28-21-47-20-25-10-4-2-8-23(25)17-40(16-22-7-1-3-9-24(22)19-42)18-30(44)41-14-6-11-26(41)15-29(43)38-27(32(46)39-28)12-5-13-37-33(35)36/h1-4,7-10,26-28,42H,5-6,11-21H2,(H2,34,45)(H,38,43)(H,39,46)(H4,35,36,37)/t26-,27-,28-/m0/s1. The largest absolute Gasteiger partial charge is 0.392 e. The number of hydrogen-bond acceptors (Lipinski definition) is 8. The first-order chi connectivity index (χ1) is 22.6. The van der Waals surface area contributed by atoms with Gasteiger partial charge in [0.15, 0.2) is 5.96 Å². The topological polar surface area (TPSA) is 209 Å². The molecule has 47 heavy (non-hydrogen) atoms. The minimum absolute atomic E-state index is 0.0364. The Kier molecular flexibility index (Phi) is 13.4. The van der Waals surface area contributed by atoms with Gasteiger partial charge in [-0.3, -0.25) is 29.1 Å². The van der Waals surface area contributed by atoms with Crippen molar-refractivity contribution in [3.8, 4) is 0 Å². The van der Waals surface area contributed by atoms with Gasteiger partial charge in [-0.25, -0.2) is 0 Å². The Hall–Kier alpha value is -4.14. The molecule has 14 heteroatoms. The van der Waals surface area contributed by atoms with Crippen LogP contribution in [0.5, 0.6) is 0 Å². The molecule has 2 aromatic rings. The van der Waals surface area contributed by atoms with Crippen LogP contribution in [0.2, 0.25) is 0 Å². The first kappa shape index (κ1) is 35.7. The fourth-order valence-electron chi connectivity index (χ4n) is 6.02. The monoisotopic (exact) mass is 666 g/mol. The quantitative estimate of drug-likeness (QED) is 0.130. The molecule has 4 amide bonds. The molecule has 13 nitrogen and oxygen atoms in total. The van der Waals surface area contributed by atoms with Gasteiger partial charge in [0.25, 0.3) is 0 Å². The second-order valence-electron chi connectivity index (χ2n) is 12.0. The number of benzene rings is 2. The van der Waals surface area contributed by atoms with E-state index in [0.29, 0.717) is 38.2 Å². The van der Waals surface area contributed by atoms with Crippen molar-refractivity contribution >= 4 is 41.4 Å². The minimum Gasteiger partial charge on any atom is -0.392 e. The molecule has 1 fully saturated rings. The number of thioether (sulfide) groups is 1. The maximum absolute atomic E-state index is 13.9. The van der Waals surface area contributed by atoms with Crippen molar-refractivity contribution in [3.05, 3.63) is 70.8 Å². The molecule has 0 aliphatic carbocycles. The van der Waals surface area contributed by atoms with Gasteiger partial charge >= 0.3 is 0 Å². The van der Waals surface area contributed by atoms with Crippen LogP contribution in [0, 0.1) is 0 Å². The van der Waals surface area contributed by atoms with Crippen LogP contribution in [-0.4, -0.2) is 88.0 Å². The molecule has 0 spiro atoms. The van der Waals surface area contributed by atoms with Crippen LogP contribution in [0.25, 0.3) is 0 Å². The van der Waals surface area contributed by atoms with Gasteiger partial charge in [-0.15, -0.1) is 0 Å². The highest BCUT2D eigenvalue weighted by molar-refractivity contribution is 7.98. The van der Waals surface area contributed by atoms with Crippen LogP contribution in [0.1, 0.15) is 54.4 Å². The first-order valence-corrected chi connectivity index (χ1v) is 17.1. The fraction of sp³-hybridized carbons (Fsp3) is 0.485. The number of carbonyl (C=O) groups excluding carboxylic acids is 4. The zero-order valence-corrected chi connectivity index (χ0v) is 27.4. The minimum atomic E-state index is -0.954. The molecular formula is C33H46N8O5S. The second-order valence-corrected chi connectivity index (χ2v) is 13.0. The molecule has 254 valence electrons. The lowest BCUT2D eigenvalue weighted by atomic mass is 10.1. The SMILES string of the molecule is NC(=O)[C@@H]1CSCc2ccccc2CN(Cc2ccccc2CO)CC(=O)N2CCC[C@H]2CC(=O)N[C@@H](CCCN=C(N)N)C(=O)N1. The van der Waals surface area contributed by atoms with Crippen molar-refractivity contribution in [3.63, 3.8) is 0 Å². The third-order valence-corrected chi connectivity index (χ3v) is 9.56. The number of aliphatic hydroxyl groups excluding tert-OH is 1. The van der Waals surface area contributed by atoms with Crippen molar-refractivity contribution in [2.45, 2.75) is 75.7 Å². The average molecular weight is 667 g/mol. The van der Waals surface area contributed by atoms with Crippen LogP contribution in [0.3, 0.4) is 0 Å². The number of hydrogen-bond donors (Lipinski definition) is 6. The summed E-state index contributed by atoms with van der Waals surface area (Å²) in [7, 11) is 0. The summed E-state index contributed by atoms with van der Waals surface area (Å²) >= 11 is 1.45. The Morgan fingerprint density at radius 1 is 0.979 bits per heavy atom. The lowest BCUT2D eigenvalue weighted by Gasteiger charge is -2.30. The average Bonchev–Trinajstić information content (AvgIpc) is 3.50. The van der Waals surface area contributed by atoms with E-state index in [1.807, 2.05) is 48.5 Å². The van der Waals surface area contributed by atoms with Crippen LogP contribution < -0.4 is 27.8 Å². The van der Waals surface area contributed by atoms with E-state index in [2.05, 4.69) is 20.5 Å². The van der Waals surface area contributed by atoms with Crippen LogP contribution in [-0.2, 0) is 44.6 Å². The van der Waals surface area contributed by atoms with Crippen molar-refractivity contribution in [2.24, 2.45) is 22.2 Å². The molecule has 1 saturated heterocycles. The number of guanidine groups is 1. The maximum atomic E-state index is 13.9. The molecule has 2 heterocycles. The summed E-state index contributed by atoms with van der Waals surface area (Å²) < 4.78 is 0. The molecule has 4 rings (SSSR count). The lowest BCUT2D eigenvalue weighted by Crippen LogP contribution is -2.54. The van der Waals surface area contributed by atoms with Gasteiger partial charge in [0.2, 0.25) is 23.6 Å². The fourth-order valence-corrected chi connectivity index (χ4v) is 7.12. The molecule has 0 aromatic heterocycles. The molecule has 0 radical (unpaired) electrons. The highest BCUT2D eigenvalue weighted by atomic mass is 32.2. The molecule has 0 bridgehead atoms. The smallest absolute Gasteiger partial charge is 0.243 e. The number of nitrogens with one attached hydrogen (secondary N) is 2. The number of amides is 4. The molecule has 2 aliphatic rings. The zero-order valence-electron chi connectivity index (χ0n) is 26.6. The Bertz CT molecular complexity index is 1440. The van der Waals surface area contributed by atoms with Crippen molar-refractivity contribution in [1.82, 2.24) is 20.4 Å². The van der Waals surface area contributed by atoms with Gasteiger partial charge in [0, 0.05) is 50.1 Å². The van der Waals surface area contributed by atoms with Crippen LogP contribution in [0.4, 0.5) is 0 Å². The van der Waals surface area contributed by atoms with Gasteiger partial charge in [-0.2, -0.15) is 11.8 Å². The Balaban J connectivity index is 1.63. The summed E-state index contributed by atoms with van der Waals surface area (Å²) in [5.41, 5.74) is 20.3. The summed E-state index contributed by atoms with van der Waals surface area (Å²) in [5.74, 6) is -0.945. The number of aliphatic imine (C=N–C) groups is 1. The number of rotatable bonds is 8. The number of aliphatic hydroxyl groups is 1. The van der Waals surface area contributed by atoms with E-state index < -0.39 is 23.9 Å². The number of fused-ring (bicyclic) bond motifs is 2. The Morgan fingerprint density at radius 3 is 2.43 bits per heavy atom. The first-order valence-electron chi connectivity index (χ1n) is 15.9. The van der Waals surface area contributed by atoms with E-state index in [1.165, 1.54) is 11.8 Å². The highest BCUT2D eigenvalue weighted by Gasteiger charge is 2.33. The summed E-state index contributed by atoms with van der Waals surface area (Å²) in [4.78, 5) is 60.8. The van der Waals surface area contributed by atoms with E-state index >= 15 is 0 Å². The van der Waals surface area contributed by atoms with E-state index in [9.17, 15) is 24.3 Å². The Labute approximate surface area is 279 Å². The lowest BCUT2D eigenvalue weighted by molar-refractivity contribution is -0.135. The second kappa shape index (κ2) is 17.7. The van der Waals surface area contributed by atoms with E-state index in [1.54, 1.807) is 4.90 Å². The van der Waals surface area contributed by atoms with Gasteiger partial charge in [-0.1, -0.05) is 48.5 Å². The van der Waals surface area contributed by atoms with Gasteiger partial charge in [-0.05, 0) is 47.9 Å². The number of primary amides is 1. The maximum Gasteiger partial charge on any atom is 0.243 e. The molecule has 2 aliphatic heterocycles.